The summed E-state index contributed by atoms with van der Waals surface area (Å²) in [7, 11) is -4.08. The molecule has 1 atom stereocenters. The van der Waals surface area contributed by atoms with E-state index in [1.807, 2.05) is 71.0 Å². The van der Waals surface area contributed by atoms with E-state index in [0.717, 1.165) is 28.7 Å². The average molecular weight is 550 g/mol. The topological polar surface area (TPSA) is 86.8 Å². The number of aryl methyl sites for hydroxylation is 3. The lowest BCUT2D eigenvalue weighted by Gasteiger charge is -2.33. The fourth-order valence-corrected chi connectivity index (χ4v) is 5.89. The maximum atomic E-state index is 14.1. The van der Waals surface area contributed by atoms with E-state index in [1.54, 1.807) is 24.3 Å². The third-order valence-electron chi connectivity index (χ3n) is 6.65. The van der Waals surface area contributed by atoms with Crippen molar-refractivity contribution in [2.45, 2.75) is 64.9 Å². The zero-order valence-electron chi connectivity index (χ0n) is 23.5. The van der Waals surface area contributed by atoms with Gasteiger partial charge < -0.3 is 10.2 Å². The standard InChI is InChI=1S/C31H39N3O4S/c1-6-19-32-31(36)28(7-2)33(21-26-17-14-23(3)15-18-26)30(35)22-34(29-20-24(4)13-16-25(29)5)39(37,38)27-11-9-8-10-12-27/h8-18,20,28H,6-7,19,21-22H2,1-5H3,(H,32,36). The average Bonchev–Trinajstić information content (AvgIpc) is 2.93. The molecule has 0 radical (unpaired) electrons. The van der Waals surface area contributed by atoms with Crippen LogP contribution in [0, 0.1) is 20.8 Å². The molecule has 2 amide bonds. The van der Waals surface area contributed by atoms with Gasteiger partial charge in [0.1, 0.15) is 12.6 Å². The number of hydrogen-bond donors (Lipinski definition) is 1. The van der Waals surface area contributed by atoms with Gasteiger partial charge in [-0.2, -0.15) is 0 Å². The van der Waals surface area contributed by atoms with Gasteiger partial charge in [-0.15, -0.1) is 0 Å². The SMILES string of the molecule is CCCNC(=O)C(CC)N(Cc1ccc(C)cc1)C(=O)CN(c1cc(C)ccc1C)S(=O)(=O)c1ccccc1. The lowest BCUT2D eigenvalue weighted by atomic mass is 10.1. The van der Waals surface area contributed by atoms with Gasteiger partial charge in [-0.25, -0.2) is 8.42 Å². The number of rotatable bonds is 12. The first-order chi connectivity index (χ1) is 18.6. The molecule has 0 aliphatic carbocycles. The zero-order chi connectivity index (χ0) is 28.6. The summed E-state index contributed by atoms with van der Waals surface area (Å²) < 4.78 is 29.1. The minimum Gasteiger partial charge on any atom is -0.354 e. The number of hydrogen-bond acceptors (Lipinski definition) is 4. The molecular formula is C31H39N3O4S. The number of carbonyl (C=O) groups is 2. The van der Waals surface area contributed by atoms with Crippen molar-refractivity contribution in [3.8, 4) is 0 Å². The van der Waals surface area contributed by atoms with E-state index in [1.165, 1.54) is 21.3 Å². The molecule has 0 spiro atoms. The van der Waals surface area contributed by atoms with Gasteiger partial charge in [-0.1, -0.05) is 74.0 Å². The Balaban J connectivity index is 2.07. The highest BCUT2D eigenvalue weighted by molar-refractivity contribution is 7.92. The molecule has 7 nitrogen and oxygen atoms in total. The van der Waals surface area contributed by atoms with Gasteiger partial charge in [0, 0.05) is 13.1 Å². The molecular weight excluding hydrogens is 510 g/mol. The second kappa shape index (κ2) is 13.4. The number of benzene rings is 3. The molecule has 0 fully saturated rings. The van der Waals surface area contributed by atoms with Crippen LogP contribution in [0.1, 0.15) is 48.9 Å². The second-order valence-electron chi connectivity index (χ2n) is 9.84. The summed E-state index contributed by atoms with van der Waals surface area (Å²) in [4.78, 5) is 28.9. The molecule has 0 aromatic heterocycles. The van der Waals surface area contributed by atoms with Crippen molar-refractivity contribution < 1.29 is 18.0 Å². The first-order valence-electron chi connectivity index (χ1n) is 13.4. The summed E-state index contributed by atoms with van der Waals surface area (Å²) >= 11 is 0. The van der Waals surface area contributed by atoms with E-state index in [0.29, 0.717) is 18.7 Å². The largest absolute Gasteiger partial charge is 0.354 e. The quantitative estimate of drug-likeness (QED) is 0.339. The predicted molar refractivity (Wildman–Crippen MR) is 156 cm³/mol. The monoisotopic (exact) mass is 549 g/mol. The fraction of sp³-hybridized carbons (Fsp3) is 0.355. The van der Waals surface area contributed by atoms with Gasteiger partial charge in [0.15, 0.2) is 0 Å². The van der Waals surface area contributed by atoms with Crippen LogP contribution in [0.5, 0.6) is 0 Å². The molecule has 0 heterocycles. The van der Waals surface area contributed by atoms with Crippen LogP contribution in [-0.4, -0.2) is 44.3 Å². The molecule has 0 saturated heterocycles. The molecule has 3 aromatic rings. The Hall–Kier alpha value is -3.65. The number of carbonyl (C=O) groups excluding carboxylic acids is 2. The molecule has 3 rings (SSSR count). The highest BCUT2D eigenvalue weighted by Crippen LogP contribution is 2.28. The molecule has 0 aliphatic heterocycles. The maximum Gasteiger partial charge on any atom is 0.264 e. The van der Waals surface area contributed by atoms with Crippen molar-refractivity contribution in [1.82, 2.24) is 10.2 Å². The van der Waals surface area contributed by atoms with Crippen molar-refractivity contribution in [3.05, 3.63) is 95.1 Å². The molecule has 8 heteroatoms. The molecule has 39 heavy (non-hydrogen) atoms. The van der Waals surface area contributed by atoms with Crippen LogP contribution in [-0.2, 0) is 26.2 Å². The minimum absolute atomic E-state index is 0.0940. The van der Waals surface area contributed by atoms with E-state index < -0.39 is 28.5 Å². The van der Waals surface area contributed by atoms with E-state index in [2.05, 4.69) is 5.32 Å². The van der Waals surface area contributed by atoms with Crippen LogP contribution in [0.4, 0.5) is 5.69 Å². The summed E-state index contributed by atoms with van der Waals surface area (Å²) in [6.45, 7) is 9.75. The van der Waals surface area contributed by atoms with Gasteiger partial charge in [0.05, 0.1) is 10.6 Å². The third-order valence-corrected chi connectivity index (χ3v) is 8.43. The number of amides is 2. The highest BCUT2D eigenvalue weighted by atomic mass is 32.2. The Kier molecular flexibility index (Phi) is 10.3. The number of anilines is 1. The molecule has 3 aromatic carbocycles. The summed E-state index contributed by atoms with van der Waals surface area (Å²) in [6, 6.07) is 20.7. The third kappa shape index (κ3) is 7.47. The lowest BCUT2D eigenvalue weighted by molar-refractivity contribution is -0.140. The Morgan fingerprint density at radius 1 is 0.872 bits per heavy atom. The smallest absolute Gasteiger partial charge is 0.264 e. The van der Waals surface area contributed by atoms with Gasteiger partial charge in [-0.05, 0) is 68.5 Å². The van der Waals surface area contributed by atoms with E-state index >= 15 is 0 Å². The summed E-state index contributed by atoms with van der Waals surface area (Å²) in [5, 5.41) is 2.91. The number of nitrogens with zero attached hydrogens (tertiary/aromatic N) is 2. The highest BCUT2D eigenvalue weighted by Gasteiger charge is 2.34. The summed E-state index contributed by atoms with van der Waals surface area (Å²) in [5.74, 6) is -0.696. The van der Waals surface area contributed by atoms with Crippen LogP contribution >= 0.6 is 0 Å². The molecule has 208 valence electrons. The van der Waals surface area contributed by atoms with E-state index in [4.69, 9.17) is 0 Å². The van der Waals surface area contributed by atoms with Gasteiger partial charge >= 0.3 is 0 Å². The number of sulfonamides is 1. The first-order valence-corrected chi connectivity index (χ1v) is 14.8. The maximum absolute atomic E-state index is 14.1. The molecule has 1 N–H and O–H groups in total. The summed E-state index contributed by atoms with van der Waals surface area (Å²) in [5.41, 5.74) is 3.98. The second-order valence-corrected chi connectivity index (χ2v) is 11.7. The molecule has 0 aliphatic rings. The van der Waals surface area contributed by atoms with Crippen LogP contribution in [0.15, 0.2) is 77.7 Å². The lowest BCUT2D eigenvalue weighted by Crippen LogP contribution is -2.52. The summed E-state index contributed by atoms with van der Waals surface area (Å²) in [6.07, 6.45) is 1.16. The van der Waals surface area contributed by atoms with Crippen LogP contribution in [0.2, 0.25) is 0 Å². The van der Waals surface area contributed by atoms with Crippen molar-refractivity contribution in [2.75, 3.05) is 17.4 Å². The zero-order valence-corrected chi connectivity index (χ0v) is 24.3. The Morgan fingerprint density at radius 2 is 1.51 bits per heavy atom. The van der Waals surface area contributed by atoms with Crippen LogP contribution in [0.3, 0.4) is 0 Å². The van der Waals surface area contributed by atoms with Crippen molar-refractivity contribution in [2.24, 2.45) is 0 Å². The number of nitrogens with one attached hydrogen (secondary N) is 1. The van der Waals surface area contributed by atoms with E-state index in [-0.39, 0.29) is 17.3 Å². The predicted octanol–water partition coefficient (Wildman–Crippen LogP) is 5.14. The van der Waals surface area contributed by atoms with Crippen molar-refractivity contribution in [1.29, 1.82) is 0 Å². The van der Waals surface area contributed by atoms with Crippen molar-refractivity contribution in [3.63, 3.8) is 0 Å². The van der Waals surface area contributed by atoms with Gasteiger partial charge in [0.2, 0.25) is 11.8 Å². The van der Waals surface area contributed by atoms with Gasteiger partial charge in [-0.3, -0.25) is 13.9 Å². The van der Waals surface area contributed by atoms with Crippen LogP contribution in [0.25, 0.3) is 0 Å². The first kappa shape index (κ1) is 29.9. The van der Waals surface area contributed by atoms with E-state index in [9.17, 15) is 18.0 Å². The Bertz CT molecular complexity index is 1370. The molecule has 1 unspecified atom stereocenters. The normalized spacial score (nSPS) is 12.0. The molecule has 0 bridgehead atoms. The Labute approximate surface area is 232 Å². The van der Waals surface area contributed by atoms with Crippen LogP contribution < -0.4 is 9.62 Å². The Morgan fingerprint density at radius 3 is 2.13 bits per heavy atom. The molecule has 0 saturated carbocycles. The van der Waals surface area contributed by atoms with Crippen molar-refractivity contribution >= 4 is 27.5 Å². The minimum atomic E-state index is -4.08. The fourth-order valence-electron chi connectivity index (χ4n) is 4.40. The van der Waals surface area contributed by atoms with Gasteiger partial charge in [0.25, 0.3) is 10.0 Å².